The minimum Gasteiger partial charge on any atom is -0.319 e. The standard InChI is InChI=1S/C21H21N3OS/c1-14-6-8-16(9-7-14)20-23-18-10-11-24(13-19(18)26-20)21(25)22-17-5-3-4-15(2)12-17/h3-9,12H,10-11,13H2,1-2H3,(H,22,25). The molecule has 0 radical (unpaired) electrons. The molecule has 5 heteroatoms. The molecule has 1 N–H and O–H groups in total. The molecule has 0 spiro atoms. The Morgan fingerprint density at radius 2 is 1.92 bits per heavy atom. The number of nitrogens with one attached hydrogen (secondary N) is 1. The Labute approximate surface area is 157 Å². The summed E-state index contributed by atoms with van der Waals surface area (Å²) in [6.07, 6.45) is 0.804. The van der Waals surface area contributed by atoms with Crippen LogP contribution in [0.2, 0.25) is 0 Å². The Morgan fingerprint density at radius 3 is 2.69 bits per heavy atom. The molecular weight excluding hydrogens is 342 g/mol. The van der Waals surface area contributed by atoms with E-state index in [9.17, 15) is 4.79 Å². The fourth-order valence-corrected chi connectivity index (χ4v) is 4.24. The third kappa shape index (κ3) is 3.48. The van der Waals surface area contributed by atoms with E-state index in [2.05, 4.69) is 36.5 Å². The highest BCUT2D eigenvalue weighted by Gasteiger charge is 2.24. The summed E-state index contributed by atoms with van der Waals surface area (Å²) < 4.78 is 0. The first-order chi connectivity index (χ1) is 12.6. The number of hydrogen-bond acceptors (Lipinski definition) is 3. The second-order valence-electron chi connectivity index (χ2n) is 6.73. The average molecular weight is 363 g/mol. The molecule has 132 valence electrons. The van der Waals surface area contributed by atoms with Crippen LogP contribution in [0.4, 0.5) is 10.5 Å². The third-order valence-corrected chi connectivity index (χ3v) is 5.72. The van der Waals surface area contributed by atoms with Crippen LogP contribution in [0.5, 0.6) is 0 Å². The molecule has 0 saturated heterocycles. The molecule has 2 amide bonds. The predicted octanol–water partition coefficient (Wildman–Crippen LogP) is 5.02. The van der Waals surface area contributed by atoms with Crippen LogP contribution >= 0.6 is 11.3 Å². The van der Waals surface area contributed by atoms with Crippen LogP contribution in [-0.2, 0) is 13.0 Å². The summed E-state index contributed by atoms with van der Waals surface area (Å²) in [6, 6.07) is 16.3. The van der Waals surface area contributed by atoms with E-state index >= 15 is 0 Å². The number of rotatable bonds is 2. The minimum atomic E-state index is -0.0495. The van der Waals surface area contributed by atoms with Gasteiger partial charge in [-0.2, -0.15) is 0 Å². The lowest BCUT2D eigenvalue weighted by Gasteiger charge is -2.26. The summed E-state index contributed by atoms with van der Waals surface area (Å²) in [5.41, 5.74) is 5.49. The van der Waals surface area contributed by atoms with Crippen LogP contribution in [0.25, 0.3) is 10.6 Å². The van der Waals surface area contributed by atoms with Gasteiger partial charge in [0.15, 0.2) is 0 Å². The quantitative estimate of drug-likeness (QED) is 0.695. The molecule has 0 bridgehead atoms. The van der Waals surface area contributed by atoms with Gasteiger partial charge in [0.25, 0.3) is 0 Å². The maximum Gasteiger partial charge on any atom is 0.322 e. The second-order valence-corrected chi connectivity index (χ2v) is 7.81. The number of aryl methyl sites for hydroxylation is 2. The van der Waals surface area contributed by atoms with Crippen LogP contribution in [-0.4, -0.2) is 22.5 Å². The number of benzene rings is 2. The maximum absolute atomic E-state index is 12.6. The summed E-state index contributed by atoms with van der Waals surface area (Å²) in [7, 11) is 0. The molecule has 4 nitrogen and oxygen atoms in total. The Kier molecular flexibility index (Phi) is 4.47. The number of fused-ring (bicyclic) bond motifs is 1. The van der Waals surface area contributed by atoms with E-state index in [1.165, 1.54) is 10.4 Å². The highest BCUT2D eigenvalue weighted by atomic mass is 32.1. The summed E-state index contributed by atoms with van der Waals surface area (Å²) >= 11 is 1.69. The zero-order chi connectivity index (χ0) is 18.1. The number of urea groups is 1. The fraction of sp³-hybridized carbons (Fsp3) is 0.238. The normalized spacial score (nSPS) is 13.4. The number of amides is 2. The van der Waals surface area contributed by atoms with Crippen molar-refractivity contribution < 1.29 is 4.79 Å². The lowest BCUT2D eigenvalue weighted by Crippen LogP contribution is -2.38. The van der Waals surface area contributed by atoms with Gasteiger partial charge in [-0.1, -0.05) is 42.0 Å². The molecular formula is C21H21N3OS. The van der Waals surface area contributed by atoms with Crippen LogP contribution < -0.4 is 5.32 Å². The zero-order valence-corrected chi connectivity index (χ0v) is 15.8. The Hall–Kier alpha value is -2.66. The Morgan fingerprint density at radius 1 is 1.12 bits per heavy atom. The van der Waals surface area contributed by atoms with Crippen molar-refractivity contribution >= 4 is 23.1 Å². The topological polar surface area (TPSA) is 45.2 Å². The molecule has 0 unspecified atom stereocenters. The number of nitrogens with zero attached hydrogens (tertiary/aromatic N) is 2. The Balaban J connectivity index is 1.49. The molecule has 26 heavy (non-hydrogen) atoms. The first-order valence-corrected chi connectivity index (χ1v) is 9.58. The monoisotopic (exact) mass is 363 g/mol. The van der Waals surface area contributed by atoms with Gasteiger partial charge >= 0.3 is 6.03 Å². The third-order valence-electron chi connectivity index (χ3n) is 4.59. The van der Waals surface area contributed by atoms with Crippen molar-refractivity contribution in [2.75, 3.05) is 11.9 Å². The maximum atomic E-state index is 12.6. The Bertz CT molecular complexity index is 946. The van der Waals surface area contributed by atoms with Gasteiger partial charge in [0.2, 0.25) is 0 Å². The van der Waals surface area contributed by atoms with Crippen LogP contribution in [0.15, 0.2) is 48.5 Å². The van der Waals surface area contributed by atoms with Gasteiger partial charge in [-0.15, -0.1) is 11.3 Å². The van der Waals surface area contributed by atoms with Crippen molar-refractivity contribution in [1.29, 1.82) is 0 Å². The van der Waals surface area contributed by atoms with E-state index < -0.39 is 0 Å². The molecule has 0 atom stereocenters. The molecule has 1 aliphatic rings. The van der Waals surface area contributed by atoms with Gasteiger partial charge in [0.1, 0.15) is 5.01 Å². The lowest BCUT2D eigenvalue weighted by molar-refractivity contribution is 0.207. The van der Waals surface area contributed by atoms with Crippen molar-refractivity contribution in [3.05, 3.63) is 70.2 Å². The van der Waals surface area contributed by atoms with E-state index in [1.807, 2.05) is 36.1 Å². The largest absolute Gasteiger partial charge is 0.322 e. The lowest BCUT2D eigenvalue weighted by atomic mass is 10.1. The van der Waals surface area contributed by atoms with Gasteiger partial charge in [0, 0.05) is 29.1 Å². The zero-order valence-electron chi connectivity index (χ0n) is 15.0. The molecule has 0 aliphatic carbocycles. The number of carbonyl (C=O) groups excluding carboxylic acids is 1. The van der Waals surface area contributed by atoms with Crippen LogP contribution in [0.3, 0.4) is 0 Å². The first-order valence-electron chi connectivity index (χ1n) is 8.77. The van der Waals surface area contributed by atoms with Gasteiger partial charge in [-0.3, -0.25) is 0 Å². The van der Waals surface area contributed by atoms with Gasteiger partial charge in [0.05, 0.1) is 12.2 Å². The number of hydrogen-bond donors (Lipinski definition) is 1. The molecule has 2 heterocycles. The van der Waals surface area contributed by atoms with Gasteiger partial charge in [-0.05, 0) is 31.5 Å². The van der Waals surface area contributed by atoms with Crippen molar-refractivity contribution in [2.24, 2.45) is 0 Å². The van der Waals surface area contributed by atoms with Crippen molar-refractivity contribution in [2.45, 2.75) is 26.8 Å². The van der Waals surface area contributed by atoms with Crippen LogP contribution in [0, 0.1) is 13.8 Å². The van der Waals surface area contributed by atoms with Gasteiger partial charge in [-0.25, -0.2) is 9.78 Å². The summed E-state index contributed by atoms with van der Waals surface area (Å²) in [5.74, 6) is 0. The number of carbonyl (C=O) groups is 1. The van der Waals surface area contributed by atoms with Gasteiger partial charge < -0.3 is 10.2 Å². The molecule has 0 saturated carbocycles. The minimum absolute atomic E-state index is 0.0495. The fourth-order valence-electron chi connectivity index (χ4n) is 3.11. The molecule has 2 aromatic carbocycles. The van der Waals surface area contributed by atoms with Crippen molar-refractivity contribution in [1.82, 2.24) is 9.88 Å². The van der Waals surface area contributed by atoms with Crippen molar-refractivity contribution in [3.8, 4) is 10.6 Å². The van der Waals surface area contributed by atoms with Crippen molar-refractivity contribution in [3.63, 3.8) is 0 Å². The number of anilines is 1. The smallest absolute Gasteiger partial charge is 0.319 e. The number of thiazole rings is 1. The SMILES string of the molecule is Cc1ccc(-c2nc3c(s2)CN(C(=O)Nc2cccc(C)c2)CC3)cc1. The highest BCUT2D eigenvalue weighted by Crippen LogP contribution is 2.32. The highest BCUT2D eigenvalue weighted by molar-refractivity contribution is 7.15. The van der Waals surface area contributed by atoms with E-state index in [0.29, 0.717) is 13.1 Å². The molecule has 1 aromatic heterocycles. The van der Waals surface area contributed by atoms with E-state index in [1.54, 1.807) is 11.3 Å². The summed E-state index contributed by atoms with van der Waals surface area (Å²) in [6.45, 7) is 5.42. The average Bonchev–Trinajstić information content (AvgIpc) is 3.05. The van der Waals surface area contributed by atoms with E-state index in [-0.39, 0.29) is 6.03 Å². The molecule has 1 aliphatic heterocycles. The summed E-state index contributed by atoms with van der Waals surface area (Å²) in [4.78, 5) is 20.5. The van der Waals surface area contributed by atoms with Crippen LogP contribution in [0.1, 0.15) is 21.7 Å². The van der Waals surface area contributed by atoms with E-state index in [0.717, 1.165) is 33.9 Å². The predicted molar refractivity (Wildman–Crippen MR) is 107 cm³/mol. The second kappa shape index (κ2) is 6.92. The molecule has 4 rings (SSSR count). The first kappa shape index (κ1) is 16.8. The molecule has 3 aromatic rings. The van der Waals surface area contributed by atoms with E-state index in [4.69, 9.17) is 4.98 Å². The summed E-state index contributed by atoms with van der Waals surface area (Å²) in [5, 5.41) is 4.04. The molecule has 0 fully saturated rings. The number of aromatic nitrogens is 1.